The van der Waals surface area contributed by atoms with Crippen LogP contribution in [0.25, 0.3) is 33.2 Å². The molecule has 24 heavy (non-hydrogen) atoms. The zero-order valence-electron chi connectivity index (χ0n) is 12.6. The Bertz CT molecular complexity index is 1010. The number of pyridine rings is 1. The van der Waals surface area contributed by atoms with Crippen LogP contribution in [-0.4, -0.2) is 20.9 Å². The molecule has 1 aromatic carbocycles. The molecule has 0 spiro atoms. The Hall–Kier alpha value is -2.96. The third-order valence-electron chi connectivity index (χ3n) is 3.88. The van der Waals surface area contributed by atoms with Gasteiger partial charge in [0.1, 0.15) is 11.4 Å². The molecule has 3 aromatic heterocycles. The predicted molar refractivity (Wildman–Crippen MR) is 84.7 cm³/mol. The van der Waals surface area contributed by atoms with Crippen LogP contribution in [0.5, 0.6) is 5.75 Å². The topological polar surface area (TPSA) is 42.8 Å². The van der Waals surface area contributed by atoms with Crippen LogP contribution in [0.4, 0.5) is 13.2 Å². The molecule has 4 rings (SSSR count). The number of nitrogens with zero attached hydrogens (tertiary/aromatic N) is 2. The molecule has 4 nitrogen and oxygen atoms in total. The summed E-state index contributed by atoms with van der Waals surface area (Å²) in [6.45, 7) is 0. The summed E-state index contributed by atoms with van der Waals surface area (Å²) in [5.41, 5.74) is 3.12. The Balaban J connectivity index is 1.89. The summed E-state index contributed by atoms with van der Waals surface area (Å²) in [5, 5.41) is 1.61. The standard InChI is InChI=1S/C17H12F3N3O/c1-23-9-13(14-7-10-3-2-6-21-16(10)22-14)12-8-11(4-5-15(12)23)24-17(18,19)20/h2-9H,1H3,(H,21,22). The molecule has 122 valence electrons. The Morgan fingerprint density at radius 1 is 1.17 bits per heavy atom. The minimum atomic E-state index is -4.71. The van der Waals surface area contributed by atoms with Crippen molar-refractivity contribution in [3.63, 3.8) is 0 Å². The summed E-state index contributed by atoms with van der Waals surface area (Å²) in [4.78, 5) is 7.44. The van der Waals surface area contributed by atoms with E-state index >= 15 is 0 Å². The van der Waals surface area contributed by atoms with Gasteiger partial charge in [-0.2, -0.15) is 0 Å². The van der Waals surface area contributed by atoms with E-state index in [-0.39, 0.29) is 5.75 Å². The fraction of sp³-hybridized carbons (Fsp3) is 0.118. The van der Waals surface area contributed by atoms with Crippen molar-refractivity contribution >= 4 is 21.9 Å². The number of halogens is 3. The molecule has 0 atom stereocenters. The first kappa shape index (κ1) is 14.6. The second-order valence-corrected chi connectivity index (χ2v) is 5.50. The zero-order valence-corrected chi connectivity index (χ0v) is 12.6. The Morgan fingerprint density at radius 3 is 2.75 bits per heavy atom. The van der Waals surface area contributed by atoms with Gasteiger partial charge in [0.2, 0.25) is 0 Å². The molecular weight excluding hydrogens is 319 g/mol. The van der Waals surface area contributed by atoms with Crippen molar-refractivity contribution in [3.8, 4) is 17.0 Å². The second kappa shape index (κ2) is 5.02. The van der Waals surface area contributed by atoms with Crippen molar-refractivity contribution in [1.82, 2.24) is 14.5 Å². The van der Waals surface area contributed by atoms with Gasteiger partial charge in [0.15, 0.2) is 0 Å². The third-order valence-corrected chi connectivity index (χ3v) is 3.88. The lowest BCUT2D eigenvalue weighted by molar-refractivity contribution is -0.274. The molecule has 0 radical (unpaired) electrons. The van der Waals surface area contributed by atoms with Crippen molar-refractivity contribution in [2.45, 2.75) is 6.36 Å². The molecule has 3 heterocycles. The third kappa shape index (κ3) is 2.47. The number of aromatic nitrogens is 3. The van der Waals surface area contributed by atoms with E-state index in [9.17, 15) is 13.2 Å². The van der Waals surface area contributed by atoms with Gasteiger partial charge in [-0.05, 0) is 36.4 Å². The van der Waals surface area contributed by atoms with E-state index in [4.69, 9.17) is 0 Å². The first-order chi connectivity index (χ1) is 11.4. The van der Waals surface area contributed by atoms with Gasteiger partial charge in [-0.25, -0.2) is 4.98 Å². The number of alkyl halides is 3. The van der Waals surface area contributed by atoms with Crippen molar-refractivity contribution in [2.75, 3.05) is 0 Å². The minimum absolute atomic E-state index is 0.239. The summed E-state index contributed by atoms with van der Waals surface area (Å²) in [7, 11) is 1.84. The van der Waals surface area contributed by atoms with E-state index in [2.05, 4.69) is 14.7 Å². The zero-order chi connectivity index (χ0) is 16.9. The number of ether oxygens (including phenoxy) is 1. The van der Waals surface area contributed by atoms with E-state index in [1.54, 1.807) is 12.3 Å². The lowest BCUT2D eigenvalue weighted by Gasteiger charge is -2.09. The molecule has 1 N–H and O–H groups in total. The van der Waals surface area contributed by atoms with E-state index < -0.39 is 6.36 Å². The fourth-order valence-electron chi connectivity index (χ4n) is 2.89. The van der Waals surface area contributed by atoms with Gasteiger partial charge in [-0.15, -0.1) is 13.2 Å². The maximum absolute atomic E-state index is 12.5. The van der Waals surface area contributed by atoms with Crippen molar-refractivity contribution in [3.05, 3.63) is 48.8 Å². The quantitative estimate of drug-likeness (QED) is 0.582. The average Bonchev–Trinajstić information content (AvgIpc) is 3.07. The van der Waals surface area contributed by atoms with Crippen LogP contribution in [0.2, 0.25) is 0 Å². The van der Waals surface area contributed by atoms with Crippen LogP contribution in [-0.2, 0) is 7.05 Å². The summed E-state index contributed by atoms with van der Waals surface area (Å²) in [6, 6.07) is 10.0. The smallest absolute Gasteiger partial charge is 0.406 e. The molecule has 0 aliphatic carbocycles. The van der Waals surface area contributed by atoms with Crippen molar-refractivity contribution < 1.29 is 17.9 Å². The van der Waals surface area contributed by atoms with Crippen LogP contribution in [0.1, 0.15) is 0 Å². The van der Waals surface area contributed by atoms with E-state index in [1.807, 2.05) is 36.0 Å². The lowest BCUT2D eigenvalue weighted by Crippen LogP contribution is -2.16. The van der Waals surface area contributed by atoms with E-state index in [1.165, 1.54) is 12.1 Å². The van der Waals surface area contributed by atoms with Gasteiger partial charge >= 0.3 is 6.36 Å². The number of hydrogen-bond donors (Lipinski definition) is 1. The number of fused-ring (bicyclic) bond motifs is 2. The minimum Gasteiger partial charge on any atom is -0.406 e. The fourth-order valence-corrected chi connectivity index (χ4v) is 2.89. The van der Waals surface area contributed by atoms with Gasteiger partial charge in [0, 0.05) is 47.0 Å². The normalized spacial score (nSPS) is 12.2. The van der Waals surface area contributed by atoms with E-state index in [0.717, 1.165) is 27.8 Å². The Kier molecular flexibility index (Phi) is 3.06. The molecule has 0 aliphatic rings. The van der Waals surface area contributed by atoms with Crippen LogP contribution in [0.3, 0.4) is 0 Å². The van der Waals surface area contributed by atoms with Crippen LogP contribution in [0, 0.1) is 0 Å². The van der Waals surface area contributed by atoms with Gasteiger partial charge < -0.3 is 14.3 Å². The maximum Gasteiger partial charge on any atom is 0.573 e. The maximum atomic E-state index is 12.5. The molecule has 0 bridgehead atoms. The number of aromatic amines is 1. The molecule has 0 saturated heterocycles. The van der Waals surface area contributed by atoms with Crippen molar-refractivity contribution in [1.29, 1.82) is 0 Å². The first-order valence-electron chi connectivity index (χ1n) is 7.20. The van der Waals surface area contributed by atoms with Crippen LogP contribution >= 0.6 is 0 Å². The van der Waals surface area contributed by atoms with Gasteiger partial charge in [0.25, 0.3) is 0 Å². The number of rotatable bonds is 2. The van der Waals surface area contributed by atoms with Gasteiger partial charge in [-0.1, -0.05) is 0 Å². The first-order valence-corrected chi connectivity index (χ1v) is 7.20. The Labute approximate surface area is 134 Å². The molecule has 0 saturated carbocycles. The van der Waals surface area contributed by atoms with Gasteiger partial charge in [0.05, 0.1) is 0 Å². The summed E-state index contributed by atoms with van der Waals surface area (Å²) in [6.07, 6.45) is -1.17. The monoisotopic (exact) mass is 331 g/mol. The Morgan fingerprint density at radius 2 is 2.00 bits per heavy atom. The van der Waals surface area contributed by atoms with Gasteiger partial charge in [-0.3, -0.25) is 0 Å². The SMILES string of the molecule is Cn1cc(-c2cc3cccnc3[nH]2)c2cc(OC(F)(F)F)ccc21. The lowest BCUT2D eigenvalue weighted by atomic mass is 10.1. The number of H-pyrrole nitrogens is 1. The number of nitrogens with one attached hydrogen (secondary N) is 1. The molecule has 7 heteroatoms. The summed E-state index contributed by atoms with van der Waals surface area (Å²) >= 11 is 0. The number of hydrogen-bond acceptors (Lipinski definition) is 2. The highest BCUT2D eigenvalue weighted by Gasteiger charge is 2.31. The van der Waals surface area contributed by atoms with Crippen molar-refractivity contribution in [2.24, 2.45) is 7.05 Å². The molecular formula is C17H12F3N3O. The highest BCUT2D eigenvalue weighted by Crippen LogP contribution is 2.34. The molecule has 0 unspecified atom stereocenters. The molecule has 4 aromatic rings. The number of aryl methyl sites for hydroxylation is 1. The summed E-state index contributed by atoms with van der Waals surface area (Å²) in [5.74, 6) is -0.239. The van der Waals surface area contributed by atoms with Crippen LogP contribution < -0.4 is 4.74 Å². The molecule has 0 aliphatic heterocycles. The second-order valence-electron chi connectivity index (χ2n) is 5.50. The van der Waals surface area contributed by atoms with Crippen LogP contribution in [0.15, 0.2) is 48.8 Å². The predicted octanol–water partition coefficient (Wildman–Crippen LogP) is 4.62. The highest BCUT2D eigenvalue weighted by atomic mass is 19.4. The number of benzene rings is 1. The largest absolute Gasteiger partial charge is 0.573 e. The summed E-state index contributed by atoms with van der Waals surface area (Å²) < 4.78 is 43.3. The highest BCUT2D eigenvalue weighted by molar-refractivity contribution is 5.98. The average molecular weight is 331 g/mol. The van der Waals surface area contributed by atoms with E-state index in [0.29, 0.717) is 5.39 Å². The molecule has 0 fully saturated rings. The molecule has 0 amide bonds.